The van der Waals surface area contributed by atoms with Crippen LogP contribution in [0.4, 0.5) is 0 Å². The fraction of sp³-hybridized carbons (Fsp3) is 0.600. The van der Waals surface area contributed by atoms with Gasteiger partial charge in [-0.15, -0.1) is 0 Å². The maximum Gasteiger partial charge on any atom is 0.224 e. The van der Waals surface area contributed by atoms with Gasteiger partial charge in [0.2, 0.25) is 11.8 Å². The molecular weight excluding hydrogens is 300 g/mol. The van der Waals surface area contributed by atoms with Gasteiger partial charge in [-0.2, -0.15) is 0 Å². The summed E-state index contributed by atoms with van der Waals surface area (Å²) in [6, 6.07) is 9.55. The number of carbonyl (C=O) groups is 2. The van der Waals surface area contributed by atoms with Crippen LogP contribution in [0.3, 0.4) is 0 Å². The van der Waals surface area contributed by atoms with Crippen LogP contribution in [0, 0.1) is 11.8 Å². The summed E-state index contributed by atoms with van der Waals surface area (Å²) in [5.74, 6) is 1.58. The van der Waals surface area contributed by atoms with Crippen LogP contribution in [0.25, 0.3) is 0 Å². The predicted molar refractivity (Wildman–Crippen MR) is 94.3 cm³/mol. The van der Waals surface area contributed by atoms with E-state index in [0.717, 1.165) is 31.0 Å². The van der Waals surface area contributed by atoms with E-state index in [-0.39, 0.29) is 17.9 Å². The van der Waals surface area contributed by atoms with Crippen LogP contribution < -0.4 is 5.32 Å². The van der Waals surface area contributed by atoms with Crippen molar-refractivity contribution in [3.63, 3.8) is 0 Å². The van der Waals surface area contributed by atoms with Crippen LogP contribution in [-0.4, -0.2) is 29.8 Å². The molecule has 1 aromatic rings. The number of fused-ring (bicyclic) bond motifs is 1. The molecule has 1 aromatic carbocycles. The first-order chi connectivity index (χ1) is 11.6. The largest absolute Gasteiger partial charge is 0.349 e. The Morgan fingerprint density at radius 3 is 2.54 bits per heavy atom. The monoisotopic (exact) mass is 328 g/mol. The summed E-state index contributed by atoms with van der Waals surface area (Å²) in [4.78, 5) is 26.4. The molecule has 24 heavy (non-hydrogen) atoms. The molecule has 3 atom stereocenters. The molecule has 3 rings (SSSR count). The number of hydrogen-bond donors (Lipinski definition) is 1. The van der Waals surface area contributed by atoms with E-state index in [1.165, 1.54) is 32.6 Å². The van der Waals surface area contributed by atoms with Gasteiger partial charge < -0.3 is 10.2 Å². The zero-order chi connectivity index (χ0) is 16.9. The van der Waals surface area contributed by atoms with E-state index < -0.39 is 0 Å². The molecule has 130 valence electrons. The van der Waals surface area contributed by atoms with Gasteiger partial charge in [0.05, 0.1) is 12.5 Å². The van der Waals surface area contributed by atoms with Gasteiger partial charge in [-0.3, -0.25) is 9.59 Å². The molecule has 1 aliphatic heterocycles. The van der Waals surface area contributed by atoms with E-state index >= 15 is 0 Å². The van der Waals surface area contributed by atoms with E-state index in [1.807, 2.05) is 35.2 Å². The van der Waals surface area contributed by atoms with Gasteiger partial charge in [0.1, 0.15) is 0 Å². The standard InChI is InChI=1S/C20H28N2O2/c1-15(23)21-19(17-8-3-2-4-9-17)13-20(24)22-12-11-16-7-5-6-10-18(16)14-22/h2-4,8-9,16,18-19H,5-7,10-14H2,1H3,(H,21,23)/t16-,18+,19+/m0/s1. The number of nitrogens with one attached hydrogen (secondary N) is 1. The van der Waals surface area contributed by atoms with Gasteiger partial charge in [-0.1, -0.05) is 49.6 Å². The minimum absolute atomic E-state index is 0.0948. The Labute approximate surface area is 144 Å². The van der Waals surface area contributed by atoms with E-state index in [9.17, 15) is 9.59 Å². The number of piperidine rings is 1. The van der Waals surface area contributed by atoms with Crippen molar-refractivity contribution in [1.29, 1.82) is 0 Å². The predicted octanol–water partition coefficient (Wildman–Crippen LogP) is 3.29. The van der Waals surface area contributed by atoms with Gasteiger partial charge >= 0.3 is 0 Å². The molecular formula is C20H28N2O2. The van der Waals surface area contributed by atoms with Crippen molar-refractivity contribution in [2.75, 3.05) is 13.1 Å². The van der Waals surface area contributed by atoms with Crippen molar-refractivity contribution in [1.82, 2.24) is 10.2 Å². The minimum atomic E-state index is -0.236. The van der Waals surface area contributed by atoms with Crippen molar-refractivity contribution >= 4 is 11.8 Å². The fourth-order valence-corrected chi connectivity index (χ4v) is 4.31. The normalized spacial score (nSPS) is 24.8. The quantitative estimate of drug-likeness (QED) is 0.922. The number of benzene rings is 1. The Morgan fingerprint density at radius 1 is 1.12 bits per heavy atom. The molecule has 2 fully saturated rings. The Morgan fingerprint density at radius 2 is 1.83 bits per heavy atom. The maximum atomic E-state index is 12.8. The third kappa shape index (κ3) is 4.16. The summed E-state index contributed by atoms with van der Waals surface area (Å²) in [7, 11) is 0. The zero-order valence-corrected chi connectivity index (χ0v) is 14.5. The number of amides is 2. The molecule has 1 N–H and O–H groups in total. The number of nitrogens with zero attached hydrogens (tertiary/aromatic N) is 1. The maximum absolute atomic E-state index is 12.8. The van der Waals surface area contributed by atoms with Crippen molar-refractivity contribution in [2.24, 2.45) is 11.8 Å². The summed E-state index contributed by atoms with van der Waals surface area (Å²) >= 11 is 0. The average molecular weight is 328 g/mol. The second-order valence-corrected chi connectivity index (χ2v) is 7.30. The molecule has 0 radical (unpaired) electrons. The first-order valence-corrected chi connectivity index (χ1v) is 9.23. The fourth-order valence-electron chi connectivity index (χ4n) is 4.31. The summed E-state index contributed by atoms with van der Waals surface area (Å²) in [5.41, 5.74) is 0.994. The lowest BCUT2D eigenvalue weighted by molar-refractivity contribution is -0.135. The molecule has 0 unspecified atom stereocenters. The van der Waals surface area contributed by atoms with Crippen LogP contribution in [0.1, 0.15) is 57.1 Å². The molecule has 1 heterocycles. The molecule has 1 saturated carbocycles. The Bertz CT molecular complexity index is 572. The van der Waals surface area contributed by atoms with Crippen LogP contribution >= 0.6 is 0 Å². The molecule has 0 bridgehead atoms. The Hall–Kier alpha value is -1.84. The van der Waals surface area contributed by atoms with Crippen LogP contribution in [0.2, 0.25) is 0 Å². The van der Waals surface area contributed by atoms with E-state index in [1.54, 1.807) is 0 Å². The average Bonchev–Trinajstić information content (AvgIpc) is 2.61. The van der Waals surface area contributed by atoms with Crippen molar-refractivity contribution < 1.29 is 9.59 Å². The highest BCUT2D eigenvalue weighted by Gasteiger charge is 2.33. The van der Waals surface area contributed by atoms with E-state index in [4.69, 9.17) is 0 Å². The first kappa shape index (κ1) is 17.0. The molecule has 4 heteroatoms. The Balaban J connectivity index is 1.63. The van der Waals surface area contributed by atoms with Gasteiger partial charge in [0, 0.05) is 20.0 Å². The van der Waals surface area contributed by atoms with Crippen LogP contribution in [-0.2, 0) is 9.59 Å². The van der Waals surface area contributed by atoms with Crippen LogP contribution in [0.5, 0.6) is 0 Å². The molecule has 0 spiro atoms. The Kier molecular flexibility index (Phi) is 5.54. The SMILES string of the molecule is CC(=O)N[C@H](CC(=O)N1CC[C@@H]2CCCC[C@@H]2C1)c1ccccc1. The topological polar surface area (TPSA) is 49.4 Å². The van der Waals surface area contributed by atoms with Crippen LogP contribution in [0.15, 0.2) is 30.3 Å². The summed E-state index contributed by atoms with van der Waals surface area (Å²) in [5, 5.41) is 2.94. The highest BCUT2D eigenvalue weighted by molar-refractivity contribution is 5.79. The molecule has 1 aliphatic carbocycles. The lowest BCUT2D eigenvalue weighted by Crippen LogP contribution is -2.45. The highest BCUT2D eigenvalue weighted by Crippen LogP contribution is 2.36. The third-order valence-corrected chi connectivity index (χ3v) is 5.60. The third-order valence-electron chi connectivity index (χ3n) is 5.60. The first-order valence-electron chi connectivity index (χ1n) is 9.23. The van der Waals surface area contributed by atoms with Crippen molar-refractivity contribution in [3.8, 4) is 0 Å². The zero-order valence-electron chi connectivity index (χ0n) is 14.5. The lowest BCUT2D eigenvalue weighted by Gasteiger charge is -2.41. The number of likely N-dealkylation sites (tertiary alicyclic amines) is 1. The van der Waals surface area contributed by atoms with E-state index in [2.05, 4.69) is 5.32 Å². The molecule has 4 nitrogen and oxygen atoms in total. The molecule has 1 saturated heterocycles. The van der Waals surface area contributed by atoms with Gasteiger partial charge in [-0.05, 0) is 30.2 Å². The lowest BCUT2D eigenvalue weighted by atomic mass is 9.75. The number of carbonyl (C=O) groups excluding carboxylic acids is 2. The van der Waals surface area contributed by atoms with Crippen molar-refractivity contribution in [3.05, 3.63) is 35.9 Å². The summed E-state index contributed by atoms with van der Waals surface area (Å²) < 4.78 is 0. The molecule has 0 aromatic heterocycles. The second kappa shape index (κ2) is 7.82. The number of rotatable bonds is 4. The number of hydrogen-bond acceptors (Lipinski definition) is 2. The minimum Gasteiger partial charge on any atom is -0.349 e. The highest BCUT2D eigenvalue weighted by atomic mass is 16.2. The van der Waals surface area contributed by atoms with E-state index in [0.29, 0.717) is 12.3 Å². The summed E-state index contributed by atoms with van der Waals surface area (Å²) in [6.07, 6.45) is 6.76. The van der Waals surface area contributed by atoms with Gasteiger partial charge in [0.25, 0.3) is 0 Å². The van der Waals surface area contributed by atoms with Gasteiger partial charge in [0.15, 0.2) is 0 Å². The smallest absolute Gasteiger partial charge is 0.224 e. The van der Waals surface area contributed by atoms with Gasteiger partial charge in [-0.25, -0.2) is 0 Å². The molecule has 2 amide bonds. The summed E-state index contributed by atoms with van der Waals surface area (Å²) in [6.45, 7) is 3.29. The van der Waals surface area contributed by atoms with Crippen molar-refractivity contribution in [2.45, 2.75) is 51.5 Å². The second-order valence-electron chi connectivity index (χ2n) is 7.30. The molecule has 2 aliphatic rings.